The number of hydrogen-bond donors (Lipinski definition) is 1. The summed E-state index contributed by atoms with van der Waals surface area (Å²) in [5, 5.41) is 0. The molecule has 0 saturated heterocycles. The van der Waals surface area contributed by atoms with E-state index >= 15 is 0 Å². The van der Waals surface area contributed by atoms with Gasteiger partial charge in [-0.25, -0.2) is 4.72 Å². The van der Waals surface area contributed by atoms with Gasteiger partial charge in [-0.15, -0.1) is 0 Å². The van der Waals surface area contributed by atoms with Crippen LogP contribution in [0.5, 0.6) is 0 Å². The molecule has 1 N–H and O–H groups in total. The van der Waals surface area contributed by atoms with E-state index < -0.39 is 16.1 Å². The van der Waals surface area contributed by atoms with E-state index in [0.717, 1.165) is 15.4 Å². The lowest BCUT2D eigenvalue weighted by Crippen LogP contribution is -2.49. The number of hydrogen-bond acceptors (Lipinski definition) is 4. The Morgan fingerprint density at radius 2 is 1.79 bits per heavy atom. The summed E-state index contributed by atoms with van der Waals surface area (Å²) >= 11 is 0. The number of aryl methyl sites for hydroxylation is 2. The van der Waals surface area contributed by atoms with Crippen LogP contribution in [0, 0.1) is 6.92 Å². The molecule has 1 aliphatic heterocycles. The van der Waals surface area contributed by atoms with Gasteiger partial charge in [0.1, 0.15) is 6.54 Å². The Morgan fingerprint density at radius 1 is 1.11 bits per heavy atom. The molecule has 0 bridgehead atoms. The Labute approximate surface area is 165 Å². The minimum atomic E-state index is -4.10. The second-order valence-corrected chi connectivity index (χ2v) is 8.19. The number of anilines is 2. The molecule has 148 valence electrons. The molecule has 0 unspecified atom stereocenters. The van der Waals surface area contributed by atoms with Crippen molar-refractivity contribution in [1.82, 2.24) is 4.72 Å². The van der Waals surface area contributed by atoms with Gasteiger partial charge in [0.15, 0.2) is 0 Å². The number of amides is 2. The molecule has 3 rings (SSSR count). The van der Waals surface area contributed by atoms with Crippen molar-refractivity contribution in [2.75, 3.05) is 22.3 Å². The second kappa shape index (κ2) is 8.02. The Kier molecular flexibility index (Phi) is 5.69. The number of nitrogens with zero attached hydrogens (tertiary/aromatic N) is 2. The van der Waals surface area contributed by atoms with Gasteiger partial charge in [0, 0.05) is 18.7 Å². The van der Waals surface area contributed by atoms with Gasteiger partial charge in [-0.05, 0) is 43.5 Å². The van der Waals surface area contributed by atoms with Crippen LogP contribution in [0.15, 0.2) is 48.5 Å². The first kappa shape index (κ1) is 19.9. The first-order valence-electron chi connectivity index (χ1n) is 9.10. The van der Waals surface area contributed by atoms with E-state index in [9.17, 15) is 18.0 Å². The highest BCUT2D eigenvalue weighted by Gasteiger charge is 2.29. The molecule has 0 aliphatic carbocycles. The lowest BCUT2D eigenvalue weighted by molar-refractivity contribution is -0.123. The summed E-state index contributed by atoms with van der Waals surface area (Å²) in [4.78, 5) is 26.1. The monoisotopic (exact) mass is 401 g/mol. The minimum Gasteiger partial charge on any atom is -0.303 e. The predicted octanol–water partition coefficient (Wildman–Crippen LogP) is 2.16. The Morgan fingerprint density at radius 3 is 2.50 bits per heavy atom. The van der Waals surface area contributed by atoms with Gasteiger partial charge in [0.25, 0.3) is 5.91 Å². The van der Waals surface area contributed by atoms with Crippen LogP contribution < -0.4 is 13.9 Å². The molecule has 0 radical (unpaired) electrons. The zero-order chi connectivity index (χ0) is 20.3. The van der Waals surface area contributed by atoms with Crippen molar-refractivity contribution in [2.45, 2.75) is 26.7 Å². The molecule has 1 aliphatic rings. The fourth-order valence-electron chi connectivity index (χ4n) is 3.36. The zero-order valence-electron chi connectivity index (χ0n) is 15.9. The van der Waals surface area contributed by atoms with Crippen LogP contribution in [0.3, 0.4) is 0 Å². The Bertz CT molecular complexity index is 1000. The molecule has 2 aromatic rings. The first-order chi connectivity index (χ1) is 13.3. The lowest BCUT2D eigenvalue weighted by atomic mass is 10.0. The first-order valence-corrected chi connectivity index (χ1v) is 10.5. The Hall–Kier alpha value is -2.87. The molecule has 0 aromatic heterocycles. The number of carbonyl (C=O) groups is 2. The largest absolute Gasteiger partial charge is 0.326 e. The maximum Gasteiger partial charge on any atom is 0.326 e. The highest BCUT2D eigenvalue weighted by atomic mass is 32.2. The van der Waals surface area contributed by atoms with Crippen LogP contribution in [0.1, 0.15) is 24.5 Å². The SMILES string of the molecule is CCN(c1ccccc1C)S(=O)(=O)NC(=O)CN1C(=O)CCc2ccccc21. The quantitative estimate of drug-likeness (QED) is 0.804. The third-order valence-electron chi connectivity index (χ3n) is 4.70. The molecule has 7 nitrogen and oxygen atoms in total. The number of fused-ring (bicyclic) bond motifs is 1. The summed E-state index contributed by atoms with van der Waals surface area (Å²) in [6, 6.07) is 14.4. The second-order valence-electron chi connectivity index (χ2n) is 6.59. The van der Waals surface area contributed by atoms with E-state index in [2.05, 4.69) is 4.72 Å². The number of carbonyl (C=O) groups excluding carboxylic acids is 2. The normalized spacial score (nSPS) is 13.8. The van der Waals surface area contributed by atoms with Crippen LogP contribution in [-0.2, 0) is 26.2 Å². The Balaban J connectivity index is 1.79. The molecule has 8 heteroatoms. The third kappa shape index (κ3) is 4.01. The van der Waals surface area contributed by atoms with Crippen LogP contribution in [0.2, 0.25) is 0 Å². The molecule has 1 heterocycles. The highest BCUT2D eigenvalue weighted by Crippen LogP contribution is 2.27. The maximum absolute atomic E-state index is 12.8. The van der Waals surface area contributed by atoms with Gasteiger partial charge >= 0.3 is 10.2 Å². The predicted molar refractivity (Wildman–Crippen MR) is 108 cm³/mol. The summed E-state index contributed by atoms with van der Waals surface area (Å²) in [6.07, 6.45) is 0.906. The molecule has 0 saturated carbocycles. The highest BCUT2D eigenvalue weighted by molar-refractivity contribution is 7.91. The van der Waals surface area contributed by atoms with Crippen molar-refractivity contribution in [1.29, 1.82) is 0 Å². The van der Waals surface area contributed by atoms with Gasteiger partial charge in [-0.2, -0.15) is 8.42 Å². The van der Waals surface area contributed by atoms with Crippen molar-refractivity contribution < 1.29 is 18.0 Å². The van der Waals surface area contributed by atoms with Crippen molar-refractivity contribution >= 4 is 33.4 Å². The lowest BCUT2D eigenvalue weighted by Gasteiger charge is -2.29. The zero-order valence-corrected chi connectivity index (χ0v) is 16.7. The summed E-state index contributed by atoms with van der Waals surface area (Å²) in [5.74, 6) is -0.949. The van der Waals surface area contributed by atoms with Gasteiger partial charge in [-0.1, -0.05) is 36.4 Å². The summed E-state index contributed by atoms with van der Waals surface area (Å²) in [7, 11) is -4.10. The van der Waals surface area contributed by atoms with E-state index in [1.165, 1.54) is 4.90 Å². The topological polar surface area (TPSA) is 86.8 Å². The molecule has 2 aromatic carbocycles. The third-order valence-corrected chi connectivity index (χ3v) is 6.22. The smallest absolute Gasteiger partial charge is 0.303 e. The molecule has 28 heavy (non-hydrogen) atoms. The van der Waals surface area contributed by atoms with E-state index in [1.807, 2.05) is 18.2 Å². The molecule has 2 amide bonds. The van der Waals surface area contributed by atoms with E-state index in [4.69, 9.17) is 0 Å². The van der Waals surface area contributed by atoms with E-state index in [0.29, 0.717) is 24.2 Å². The van der Waals surface area contributed by atoms with Gasteiger partial charge in [0.2, 0.25) is 5.91 Å². The maximum atomic E-state index is 12.8. The molecule has 0 spiro atoms. The van der Waals surface area contributed by atoms with Crippen molar-refractivity contribution in [3.63, 3.8) is 0 Å². The molecular formula is C20H23N3O4S. The van der Waals surface area contributed by atoms with Crippen LogP contribution >= 0.6 is 0 Å². The number of nitrogens with one attached hydrogen (secondary N) is 1. The number of rotatable bonds is 6. The average molecular weight is 401 g/mol. The minimum absolute atomic E-state index is 0.166. The van der Waals surface area contributed by atoms with E-state index in [-0.39, 0.29) is 19.0 Å². The number of para-hydroxylation sites is 2. The summed E-state index contributed by atoms with van der Waals surface area (Å²) in [6.45, 7) is 3.32. The fraction of sp³-hybridized carbons (Fsp3) is 0.300. The standard InChI is InChI=1S/C20H23N3O4S/c1-3-23(17-10-6-4-8-15(17)2)28(26,27)21-19(24)14-22-18-11-7-5-9-16(18)12-13-20(22)25/h4-11H,3,12-14H2,1-2H3,(H,21,24). The summed E-state index contributed by atoms with van der Waals surface area (Å²) in [5.41, 5.74) is 2.90. The van der Waals surface area contributed by atoms with Crippen molar-refractivity contribution in [3.8, 4) is 0 Å². The van der Waals surface area contributed by atoms with Gasteiger partial charge in [-0.3, -0.25) is 13.9 Å². The van der Waals surface area contributed by atoms with Crippen LogP contribution in [-0.4, -0.2) is 33.3 Å². The molecule has 0 fully saturated rings. The number of benzene rings is 2. The van der Waals surface area contributed by atoms with Crippen molar-refractivity contribution in [3.05, 3.63) is 59.7 Å². The van der Waals surface area contributed by atoms with Gasteiger partial charge < -0.3 is 4.90 Å². The molecule has 0 atom stereocenters. The van der Waals surface area contributed by atoms with Crippen LogP contribution in [0.25, 0.3) is 0 Å². The van der Waals surface area contributed by atoms with Crippen molar-refractivity contribution in [2.24, 2.45) is 0 Å². The fourth-order valence-corrected chi connectivity index (χ4v) is 4.62. The van der Waals surface area contributed by atoms with Gasteiger partial charge in [0.05, 0.1) is 5.69 Å². The van der Waals surface area contributed by atoms with E-state index in [1.54, 1.807) is 44.2 Å². The molecular weight excluding hydrogens is 378 g/mol. The average Bonchev–Trinajstić information content (AvgIpc) is 2.65. The summed E-state index contributed by atoms with van der Waals surface area (Å²) < 4.78 is 28.8. The van der Waals surface area contributed by atoms with Crippen LogP contribution in [0.4, 0.5) is 11.4 Å².